The second-order valence-corrected chi connectivity index (χ2v) is 4.20. The zero-order valence-corrected chi connectivity index (χ0v) is 10.5. The van der Waals surface area contributed by atoms with E-state index in [1.54, 1.807) is 6.07 Å². The van der Waals surface area contributed by atoms with E-state index in [2.05, 4.69) is 15.9 Å². The normalized spacial score (nSPS) is 12.6. The van der Waals surface area contributed by atoms with Crippen LogP contribution >= 0.6 is 15.9 Å². The van der Waals surface area contributed by atoms with Crippen molar-refractivity contribution in [3.05, 3.63) is 28.0 Å². The molecule has 2 N–H and O–H groups in total. The maximum atomic E-state index is 13.6. The van der Waals surface area contributed by atoms with Gasteiger partial charge in [0.1, 0.15) is 11.6 Å². The van der Waals surface area contributed by atoms with E-state index in [-0.39, 0.29) is 11.7 Å². The third-order valence-corrected chi connectivity index (χ3v) is 2.85. The lowest BCUT2D eigenvalue weighted by Gasteiger charge is -2.17. The van der Waals surface area contributed by atoms with E-state index in [1.807, 2.05) is 13.8 Å². The van der Waals surface area contributed by atoms with Crippen LogP contribution in [0.1, 0.15) is 25.3 Å². The number of ether oxygens (including phenoxy) is 1. The van der Waals surface area contributed by atoms with Crippen LogP contribution in [0.3, 0.4) is 0 Å². The van der Waals surface area contributed by atoms with E-state index >= 15 is 0 Å². The summed E-state index contributed by atoms with van der Waals surface area (Å²) in [4.78, 5) is 0. The van der Waals surface area contributed by atoms with Gasteiger partial charge in [0.15, 0.2) is 0 Å². The Labute approximate surface area is 97.7 Å². The minimum atomic E-state index is -0.264. The third kappa shape index (κ3) is 2.69. The lowest BCUT2D eigenvalue weighted by atomic mass is 10.00. The molecule has 1 aromatic rings. The van der Waals surface area contributed by atoms with Crippen molar-refractivity contribution in [2.45, 2.75) is 19.8 Å². The van der Waals surface area contributed by atoms with Crippen molar-refractivity contribution in [3.63, 3.8) is 0 Å². The molecule has 0 aliphatic rings. The molecule has 84 valence electrons. The van der Waals surface area contributed by atoms with Crippen LogP contribution in [-0.4, -0.2) is 13.2 Å². The Morgan fingerprint density at radius 1 is 1.53 bits per heavy atom. The average molecular weight is 276 g/mol. The SMILES string of the molecule is CCOc1c(Br)ccc(F)c1C(C)CN. The predicted octanol–water partition coefficient (Wildman–Crippen LogP) is 3.05. The van der Waals surface area contributed by atoms with Gasteiger partial charge in [0.05, 0.1) is 11.1 Å². The minimum Gasteiger partial charge on any atom is -0.492 e. The topological polar surface area (TPSA) is 35.2 Å². The number of benzene rings is 1. The molecule has 0 bridgehead atoms. The van der Waals surface area contributed by atoms with Gasteiger partial charge in [0.2, 0.25) is 0 Å². The Kier molecular flexibility index (Phi) is 4.54. The van der Waals surface area contributed by atoms with Gasteiger partial charge < -0.3 is 10.5 Å². The highest BCUT2D eigenvalue weighted by atomic mass is 79.9. The fourth-order valence-electron chi connectivity index (χ4n) is 1.42. The van der Waals surface area contributed by atoms with Crippen LogP contribution < -0.4 is 10.5 Å². The van der Waals surface area contributed by atoms with Gasteiger partial charge in [0, 0.05) is 5.56 Å². The van der Waals surface area contributed by atoms with Crippen LogP contribution in [-0.2, 0) is 0 Å². The molecule has 1 aromatic carbocycles. The fraction of sp³-hybridized carbons (Fsp3) is 0.455. The van der Waals surface area contributed by atoms with E-state index in [4.69, 9.17) is 10.5 Å². The van der Waals surface area contributed by atoms with Crippen LogP contribution in [0.5, 0.6) is 5.75 Å². The van der Waals surface area contributed by atoms with Gasteiger partial charge in [-0.25, -0.2) is 4.39 Å². The van der Waals surface area contributed by atoms with Crippen LogP contribution in [0.15, 0.2) is 16.6 Å². The van der Waals surface area contributed by atoms with E-state index in [1.165, 1.54) is 6.07 Å². The molecule has 15 heavy (non-hydrogen) atoms. The Morgan fingerprint density at radius 3 is 2.73 bits per heavy atom. The monoisotopic (exact) mass is 275 g/mol. The molecule has 0 amide bonds. The summed E-state index contributed by atoms with van der Waals surface area (Å²) in [5.74, 6) is 0.249. The maximum Gasteiger partial charge on any atom is 0.139 e. The summed E-state index contributed by atoms with van der Waals surface area (Å²) < 4.78 is 19.8. The Hall–Kier alpha value is -0.610. The first-order valence-electron chi connectivity index (χ1n) is 4.92. The van der Waals surface area contributed by atoms with E-state index in [0.29, 0.717) is 24.5 Å². The standard InChI is InChI=1S/C11H15BrFNO/c1-3-15-11-8(12)4-5-9(13)10(11)7(2)6-14/h4-5,7H,3,6,14H2,1-2H3. The lowest BCUT2D eigenvalue weighted by molar-refractivity contribution is 0.329. The molecule has 0 fully saturated rings. The summed E-state index contributed by atoms with van der Waals surface area (Å²) in [6, 6.07) is 3.07. The van der Waals surface area contributed by atoms with Crippen LogP contribution in [0.4, 0.5) is 4.39 Å². The highest BCUT2D eigenvalue weighted by molar-refractivity contribution is 9.10. The highest BCUT2D eigenvalue weighted by Gasteiger charge is 2.18. The van der Waals surface area contributed by atoms with Crippen molar-refractivity contribution in [1.82, 2.24) is 0 Å². The highest BCUT2D eigenvalue weighted by Crippen LogP contribution is 2.35. The average Bonchev–Trinajstić information content (AvgIpc) is 2.23. The summed E-state index contributed by atoms with van der Waals surface area (Å²) in [6.45, 7) is 4.65. The van der Waals surface area contributed by atoms with Crippen LogP contribution in [0.2, 0.25) is 0 Å². The summed E-state index contributed by atoms with van der Waals surface area (Å²) in [6.07, 6.45) is 0. The summed E-state index contributed by atoms with van der Waals surface area (Å²) in [7, 11) is 0. The second-order valence-electron chi connectivity index (χ2n) is 3.34. The summed E-state index contributed by atoms with van der Waals surface area (Å²) >= 11 is 3.35. The molecule has 0 spiro atoms. The van der Waals surface area contributed by atoms with Gasteiger partial charge in [0.25, 0.3) is 0 Å². The van der Waals surface area contributed by atoms with Crippen LogP contribution in [0.25, 0.3) is 0 Å². The molecule has 0 saturated heterocycles. The van der Waals surface area contributed by atoms with E-state index in [0.717, 1.165) is 4.47 Å². The van der Waals surface area contributed by atoms with Gasteiger partial charge in [-0.3, -0.25) is 0 Å². The minimum absolute atomic E-state index is 0.0518. The van der Waals surface area contributed by atoms with E-state index < -0.39 is 0 Å². The molecule has 0 aliphatic carbocycles. The molecule has 1 unspecified atom stereocenters. The number of halogens is 2. The smallest absolute Gasteiger partial charge is 0.139 e. The first-order valence-corrected chi connectivity index (χ1v) is 5.71. The van der Waals surface area contributed by atoms with Crippen molar-refractivity contribution in [3.8, 4) is 5.75 Å². The van der Waals surface area contributed by atoms with Gasteiger partial charge in [-0.15, -0.1) is 0 Å². The fourth-order valence-corrected chi connectivity index (χ4v) is 1.88. The van der Waals surface area contributed by atoms with Crippen molar-refractivity contribution in [1.29, 1.82) is 0 Å². The van der Waals surface area contributed by atoms with Gasteiger partial charge in [-0.2, -0.15) is 0 Å². The maximum absolute atomic E-state index is 13.6. The number of hydrogen-bond acceptors (Lipinski definition) is 2. The second kappa shape index (κ2) is 5.47. The van der Waals surface area contributed by atoms with Gasteiger partial charge in [-0.1, -0.05) is 6.92 Å². The van der Waals surface area contributed by atoms with E-state index in [9.17, 15) is 4.39 Å². The number of rotatable bonds is 4. The van der Waals surface area contributed by atoms with Gasteiger partial charge >= 0.3 is 0 Å². The van der Waals surface area contributed by atoms with Crippen molar-refractivity contribution >= 4 is 15.9 Å². The first-order chi connectivity index (χ1) is 7.11. The predicted molar refractivity (Wildman–Crippen MR) is 62.7 cm³/mol. The third-order valence-electron chi connectivity index (χ3n) is 2.23. The molecule has 0 radical (unpaired) electrons. The summed E-state index contributed by atoms with van der Waals surface area (Å²) in [5, 5.41) is 0. The van der Waals surface area contributed by atoms with Gasteiger partial charge in [-0.05, 0) is 47.4 Å². The molecule has 0 aromatic heterocycles. The van der Waals surface area contributed by atoms with Crippen molar-refractivity contribution in [2.24, 2.45) is 5.73 Å². The zero-order valence-electron chi connectivity index (χ0n) is 8.89. The Morgan fingerprint density at radius 2 is 2.20 bits per heavy atom. The zero-order chi connectivity index (χ0) is 11.4. The van der Waals surface area contributed by atoms with Crippen LogP contribution in [0, 0.1) is 5.82 Å². The molecule has 0 heterocycles. The Balaban J connectivity index is 3.24. The molecule has 0 saturated carbocycles. The molecule has 0 aliphatic heterocycles. The quantitative estimate of drug-likeness (QED) is 0.917. The molecule has 4 heteroatoms. The molecular weight excluding hydrogens is 261 g/mol. The molecular formula is C11H15BrFNO. The first kappa shape index (κ1) is 12.5. The van der Waals surface area contributed by atoms with Crippen molar-refractivity contribution < 1.29 is 9.13 Å². The molecule has 1 atom stereocenters. The lowest BCUT2D eigenvalue weighted by Crippen LogP contribution is -2.12. The van der Waals surface area contributed by atoms with Crippen molar-refractivity contribution in [2.75, 3.05) is 13.2 Å². The summed E-state index contributed by atoms with van der Waals surface area (Å²) in [5.41, 5.74) is 6.10. The Bertz CT molecular complexity index is 344. The molecule has 2 nitrogen and oxygen atoms in total. The number of nitrogens with two attached hydrogens (primary N) is 1. The molecule has 1 rings (SSSR count). The largest absolute Gasteiger partial charge is 0.492 e. The number of hydrogen-bond donors (Lipinski definition) is 1.